The molecular formula is C59H68BF3IN5O5. The van der Waals surface area contributed by atoms with E-state index in [-0.39, 0.29) is 52.3 Å². The maximum Gasteiger partial charge on any atom is 0.494 e. The molecule has 1 saturated heterocycles. The van der Waals surface area contributed by atoms with Gasteiger partial charge >= 0.3 is 13.3 Å². The molecule has 0 radical (unpaired) electrons. The van der Waals surface area contributed by atoms with Gasteiger partial charge in [0, 0.05) is 25.4 Å². The molecule has 0 spiro atoms. The Hall–Kier alpha value is -5.91. The van der Waals surface area contributed by atoms with Crippen LogP contribution in [0.4, 0.5) is 13.2 Å². The van der Waals surface area contributed by atoms with Gasteiger partial charge in [-0.25, -0.2) is 0 Å². The fourth-order valence-electron chi connectivity index (χ4n) is 8.80. The molecule has 8 rings (SSSR count). The van der Waals surface area contributed by atoms with Gasteiger partial charge in [0.1, 0.15) is 17.2 Å². The standard InChI is InChI=1S/C22H30BNO3.C21H20F3N3O.C16H18INO/c1-15(2)22(7,19-13-12-18(25)14-24-19)16-8-10-17(11-9-16)23-26-20(3,4)21(5,6)27-23;1-13(2)20(3,18-10-8-16(28)12-25-18)15-6-4-14(5-7-15)17-9-11-19(27-26-17)21(22,23)24;1-11(2)16(3,12-4-6-13(17)7-5-12)15-9-8-14(19)10-18-15/h8-15,25H,1-7H3;4-13,28H,1-3H3;4-11,19H,1-3H3. The molecular weight excluding hydrogens is 1050 g/mol. The summed E-state index contributed by atoms with van der Waals surface area (Å²) < 4.78 is 51.5. The minimum absolute atomic E-state index is 0.103. The number of pyridine rings is 3. The van der Waals surface area contributed by atoms with Gasteiger partial charge in [0.05, 0.1) is 52.6 Å². The van der Waals surface area contributed by atoms with Crippen molar-refractivity contribution in [1.82, 2.24) is 25.1 Å². The van der Waals surface area contributed by atoms with Crippen molar-refractivity contribution in [2.75, 3.05) is 0 Å². The summed E-state index contributed by atoms with van der Waals surface area (Å²) in [4.78, 5) is 13.3. The van der Waals surface area contributed by atoms with Crippen LogP contribution in [0.15, 0.2) is 140 Å². The molecule has 4 aromatic heterocycles. The first-order valence-electron chi connectivity index (χ1n) is 24.7. The lowest BCUT2D eigenvalue weighted by atomic mass is 9.69. The summed E-state index contributed by atoms with van der Waals surface area (Å²) >= 11 is 2.31. The highest BCUT2D eigenvalue weighted by Gasteiger charge is 2.52. The number of aromatic nitrogens is 5. The van der Waals surface area contributed by atoms with E-state index in [4.69, 9.17) is 9.31 Å². The fraction of sp³-hybridized carbons (Fsp3) is 0.373. The van der Waals surface area contributed by atoms with Gasteiger partial charge in [0.15, 0.2) is 5.69 Å². The van der Waals surface area contributed by atoms with E-state index in [1.54, 1.807) is 24.3 Å². The highest BCUT2D eigenvalue weighted by Crippen LogP contribution is 2.42. The van der Waals surface area contributed by atoms with Crippen LogP contribution in [-0.4, -0.2) is 58.8 Å². The summed E-state index contributed by atoms with van der Waals surface area (Å²) in [5.74, 6) is 1.44. The SMILES string of the molecule is CC(C)C(C)(c1ccc(-c2ccc(C(F)(F)F)nn2)cc1)c1ccc(O)cn1.CC(C)C(C)(c1ccc(B2OC(C)(C)C(C)(C)O2)cc1)c1ccc(O)cn1.CC(C)C(C)(c1ccc(I)cc1)c1ccc(O)cn1. The van der Waals surface area contributed by atoms with E-state index in [1.807, 2.05) is 36.4 Å². The van der Waals surface area contributed by atoms with Crippen LogP contribution in [0, 0.1) is 21.3 Å². The smallest absolute Gasteiger partial charge is 0.494 e. The number of benzene rings is 3. The molecule has 0 bridgehead atoms. The fourth-order valence-corrected chi connectivity index (χ4v) is 9.16. The number of aromatic hydroxyl groups is 3. The second-order valence-corrected chi connectivity index (χ2v) is 22.6. The minimum atomic E-state index is -4.51. The average Bonchev–Trinajstić information content (AvgIpc) is 3.59. The first kappa shape index (κ1) is 57.4. The largest absolute Gasteiger partial charge is 0.506 e. The van der Waals surface area contributed by atoms with Crippen molar-refractivity contribution >= 4 is 35.2 Å². The molecule has 10 nitrogen and oxygen atoms in total. The van der Waals surface area contributed by atoms with Crippen molar-refractivity contribution in [3.8, 4) is 28.5 Å². The van der Waals surface area contributed by atoms with Crippen LogP contribution in [0.2, 0.25) is 0 Å². The number of hydrogen-bond acceptors (Lipinski definition) is 10. The van der Waals surface area contributed by atoms with Crippen molar-refractivity contribution in [2.45, 2.75) is 124 Å². The van der Waals surface area contributed by atoms with E-state index < -0.39 is 17.3 Å². The summed E-state index contributed by atoms with van der Waals surface area (Å²) in [6, 6.07) is 37.3. The van der Waals surface area contributed by atoms with Crippen LogP contribution >= 0.6 is 22.6 Å². The molecule has 3 aromatic carbocycles. The average molecular weight is 1120 g/mol. The van der Waals surface area contributed by atoms with Crippen molar-refractivity contribution < 1.29 is 37.8 Å². The van der Waals surface area contributed by atoms with Crippen molar-refractivity contribution in [3.63, 3.8) is 0 Å². The van der Waals surface area contributed by atoms with E-state index in [0.717, 1.165) is 34.2 Å². The Morgan fingerprint density at radius 3 is 1.11 bits per heavy atom. The molecule has 3 unspecified atom stereocenters. The molecule has 0 aliphatic carbocycles. The lowest BCUT2D eigenvalue weighted by molar-refractivity contribution is -0.141. The zero-order valence-electron chi connectivity index (χ0n) is 44.5. The number of rotatable bonds is 11. The molecule has 7 aromatic rings. The normalized spacial score (nSPS) is 16.6. The molecule has 15 heteroatoms. The molecule has 3 atom stereocenters. The predicted molar refractivity (Wildman–Crippen MR) is 295 cm³/mol. The topological polar surface area (TPSA) is 144 Å². The Morgan fingerprint density at radius 1 is 0.473 bits per heavy atom. The molecule has 1 fully saturated rings. The van der Waals surface area contributed by atoms with Gasteiger partial charge in [0.2, 0.25) is 0 Å². The van der Waals surface area contributed by atoms with Crippen LogP contribution in [0.3, 0.4) is 0 Å². The maximum absolute atomic E-state index is 12.6. The van der Waals surface area contributed by atoms with Crippen molar-refractivity contribution in [2.24, 2.45) is 17.8 Å². The van der Waals surface area contributed by atoms with Crippen LogP contribution in [0.5, 0.6) is 17.2 Å². The van der Waals surface area contributed by atoms with Gasteiger partial charge in [-0.05, 0) is 172 Å². The summed E-state index contributed by atoms with van der Waals surface area (Å²) in [7, 11) is -0.360. The second-order valence-electron chi connectivity index (χ2n) is 21.4. The third-order valence-electron chi connectivity index (χ3n) is 15.5. The molecule has 1 aliphatic rings. The Kier molecular flexibility index (Phi) is 17.5. The van der Waals surface area contributed by atoms with E-state index in [2.05, 4.69) is 186 Å². The van der Waals surface area contributed by atoms with Gasteiger partial charge < -0.3 is 24.6 Å². The van der Waals surface area contributed by atoms with Gasteiger partial charge in [-0.2, -0.15) is 13.2 Å². The zero-order chi connectivity index (χ0) is 54.6. The first-order valence-corrected chi connectivity index (χ1v) is 25.8. The highest BCUT2D eigenvalue weighted by atomic mass is 127. The van der Waals surface area contributed by atoms with Crippen LogP contribution in [0.25, 0.3) is 11.3 Å². The van der Waals surface area contributed by atoms with E-state index in [9.17, 15) is 28.5 Å². The Labute approximate surface area is 448 Å². The lowest BCUT2D eigenvalue weighted by Crippen LogP contribution is -2.41. The van der Waals surface area contributed by atoms with Crippen LogP contribution in [0.1, 0.15) is 129 Å². The molecule has 0 amide bonds. The molecule has 1 aliphatic heterocycles. The third-order valence-corrected chi connectivity index (χ3v) is 16.2. The number of halogens is 4. The number of nitrogens with zero attached hydrogens (tertiary/aromatic N) is 5. The second kappa shape index (κ2) is 22.5. The van der Waals surface area contributed by atoms with E-state index in [0.29, 0.717) is 23.1 Å². The van der Waals surface area contributed by atoms with Gasteiger partial charge in [-0.3, -0.25) is 15.0 Å². The minimum Gasteiger partial charge on any atom is -0.506 e. The van der Waals surface area contributed by atoms with Gasteiger partial charge in [-0.1, -0.05) is 102 Å². The van der Waals surface area contributed by atoms with Gasteiger partial charge in [0.25, 0.3) is 0 Å². The lowest BCUT2D eigenvalue weighted by Gasteiger charge is -2.34. The molecule has 3 N–H and O–H groups in total. The van der Waals surface area contributed by atoms with E-state index in [1.165, 1.54) is 39.4 Å². The summed E-state index contributed by atoms with van der Waals surface area (Å²) in [5, 5.41) is 35.5. The van der Waals surface area contributed by atoms with Gasteiger partial charge in [-0.15, -0.1) is 10.2 Å². The molecule has 5 heterocycles. The van der Waals surface area contributed by atoms with Crippen molar-refractivity contribution in [3.05, 3.63) is 183 Å². The van der Waals surface area contributed by atoms with Crippen molar-refractivity contribution in [1.29, 1.82) is 0 Å². The summed E-state index contributed by atoms with van der Waals surface area (Å²) in [6.07, 6.45) is -0.0644. The Balaban J connectivity index is 0.000000184. The zero-order valence-corrected chi connectivity index (χ0v) is 46.7. The van der Waals surface area contributed by atoms with E-state index >= 15 is 0 Å². The first-order chi connectivity index (χ1) is 34.5. The Bertz CT molecular complexity index is 2860. The maximum atomic E-state index is 12.6. The van der Waals surface area contributed by atoms with Crippen LogP contribution < -0.4 is 5.46 Å². The van der Waals surface area contributed by atoms with Crippen LogP contribution in [-0.2, 0) is 31.7 Å². The summed E-state index contributed by atoms with van der Waals surface area (Å²) in [6.45, 7) is 27.7. The quantitative estimate of drug-likeness (QED) is 0.0846. The molecule has 74 heavy (non-hydrogen) atoms. The summed E-state index contributed by atoms with van der Waals surface area (Å²) in [5.41, 5.74) is 5.71. The monoisotopic (exact) mass is 1120 g/mol. The third kappa shape index (κ3) is 12.3. The highest BCUT2D eigenvalue weighted by molar-refractivity contribution is 14.1. The Morgan fingerprint density at radius 2 is 0.811 bits per heavy atom. The molecule has 0 saturated carbocycles. The molecule has 390 valence electrons. The predicted octanol–water partition coefficient (Wildman–Crippen LogP) is 13.6. The number of hydrogen-bond donors (Lipinski definition) is 3. The number of alkyl halides is 3.